The van der Waals surface area contributed by atoms with E-state index < -0.39 is 0 Å². The molecule has 1 atom stereocenters. The van der Waals surface area contributed by atoms with Gasteiger partial charge in [-0.2, -0.15) is 0 Å². The van der Waals surface area contributed by atoms with Crippen molar-refractivity contribution >= 4 is 23.3 Å². The van der Waals surface area contributed by atoms with E-state index in [1.165, 1.54) is 5.69 Å². The summed E-state index contributed by atoms with van der Waals surface area (Å²) in [6, 6.07) is 18.0. The van der Waals surface area contributed by atoms with Crippen molar-refractivity contribution in [2.24, 2.45) is 0 Å². The van der Waals surface area contributed by atoms with Crippen LogP contribution in [0.4, 0.5) is 10.5 Å². The molecule has 0 spiro atoms. The third-order valence-corrected chi connectivity index (χ3v) is 4.88. The summed E-state index contributed by atoms with van der Waals surface area (Å²) in [5, 5.41) is 3.84. The van der Waals surface area contributed by atoms with Crippen LogP contribution in [0.1, 0.15) is 24.9 Å². The van der Waals surface area contributed by atoms with Crippen LogP contribution in [0.5, 0.6) is 0 Å². The molecular weight excluding hydrogens is 334 g/mol. The summed E-state index contributed by atoms with van der Waals surface area (Å²) in [7, 11) is 0. The number of anilines is 1. The molecule has 0 bridgehead atoms. The molecule has 0 aliphatic carbocycles. The molecule has 2 aromatic rings. The number of urea groups is 1. The van der Waals surface area contributed by atoms with Gasteiger partial charge < -0.3 is 15.1 Å². The van der Waals surface area contributed by atoms with Gasteiger partial charge in [-0.05, 0) is 36.2 Å². The van der Waals surface area contributed by atoms with Crippen molar-refractivity contribution in [3.05, 3.63) is 65.2 Å². The number of nitrogens with one attached hydrogen (secondary N) is 1. The van der Waals surface area contributed by atoms with Crippen LogP contribution in [0.3, 0.4) is 0 Å². The molecule has 0 aromatic heterocycles. The Morgan fingerprint density at radius 1 is 1.08 bits per heavy atom. The van der Waals surface area contributed by atoms with Crippen LogP contribution >= 0.6 is 11.6 Å². The summed E-state index contributed by atoms with van der Waals surface area (Å²) in [6.45, 7) is 5.23. The number of carbonyl (C=O) groups excluding carboxylic acids is 1. The predicted octanol–water partition coefficient (Wildman–Crippen LogP) is 4.32. The fourth-order valence-electron chi connectivity index (χ4n) is 3.19. The van der Waals surface area contributed by atoms with Crippen LogP contribution in [-0.4, -0.2) is 37.1 Å². The highest BCUT2D eigenvalue weighted by atomic mass is 35.5. The Bertz CT molecular complexity index is 699. The smallest absolute Gasteiger partial charge is 0.318 e. The highest BCUT2D eigenvalue weighted by Crippen LogP contribution is 2.21. The molecule has 3 rings (SSSR count). The Labute approximate surface area is 154 Å². The van der Waals surface area contributed by atoms with E-state index in [1.54, 1.807) is 0 Å². The number of benzene rings is 2. The first-order valence-electron chi connectivity index (χ1n) is 8.78. The summed E-state index contributed by atoms with van der Waals surface area (Å²) in [5.41, 5.74) is 2.26. The minimum atomic E-state index is -0.0154. The second-order valence-electron chi connectivity index (χ2n) is 6.27. The summed E-state index contributed by atoms with van der Waals surface area (Å²) < 4.78 is 0. The van der Waals surface area contributed by atoms with E-state index in [2.05, 4.69) is 29.3 Å². The number of rotatable bonds is 4. The second-order valence-corrected chi connectivity index (χ2v) is 6.71. The van der Waals surface area contributed by atoms with E-state index in [0.717, 1.165) is 38.2 Å². The second kappa shape index (κ2) is 8.26. The Morgan fingerprint density at radius 2 is 1.80 bits per heavy atom. The first-order valence-corrected chi connectivity index (χ1v) is 9.16. The molecule has 1 saturated heterocycles. The van der Waals surface area contributed by atoms with Crippen LogP contribution < -0.4 is 10.2 Å². The first-order chi connectivity index (χ1) is 12.2. The molecule has 1 unspecified atom stereocenters. The first kappa shape index (κ1) is 17.6. The monoisotopic (exact) mass is 357 g/mol. The number of para-hydroxylation sites is 1. The fraction of sp³-hybridized carbons (Fsp3) is 0.350. The number of halogens is 1. The van der Waals surface area contributed by atoms with Crippen molar-refractivity contribution in [3.63, 3.8) is 0 Å². The molecule has 132 valence electrons. The van der Waals surface area contributed by atoms with Crippen LogP contribution in [0.2, 0.25) is 5.02 Å². The van der Waals surface area contributed by atoms with Gasteiger partial charge in [0.2, 0.25) is 0 Å². The lowest BCUT2D eigenvalue weighted by Gasteiger charge is -2.36. The third-order valence-electron chi connectivity index (χ3n) is 4.65. The van der Waals surface area contributed by atoms with Crippen molar-refractivity contribution in [1.29, 1.82) is 0 Å². The minimum absolute atomic E-state index is 0.000429. The number of amides is 2. The van der Waals surface area contributed by atoms with Gasteiger partial charge in [-0.3, -0.25) is 0 Å². The average Bonchev–Trinajstić information content (AvgIpc) is 2.66. The van der Waals surface area contributed by atoms with Crippen molar-refractivity contribution in [3.8, 4) is 0 Å². The van der Waals surface area contributed by atoms with Crippen molar-refractivity contribution in [2.45, 2.75) is 19.4 Å². The summed E-state index contributed by atoms with van der Waals surface area (Å²) in [5.74, 6) is 0. The maximum atomic E-state index is 12.6. The number of piperazine rings is 1. The molecule has 1 heterocycles. The average molecular weight is 358 g/mol. The van der Waals surface area contributed by atoms with Crippen LogP contribution in [0.15, 0.2) is 54.6 Å². The Hall–Kier alpha value is -2.20. The summed E-state index contributed by atoms with van der Waals surface area (Å²) in [6.07, 6.45) is 0.829. The molecule has 5 heteroatoms. The van der Waals surface area contributed by atoms with Crippen LogP contribution in [0.25, 0.3) is 0 Å². The lowest BCUT2D eigenvalue weighted by atomic mass is 10.0. The van der Waals surface area contributed by atoms with Gasteiger partial charge >= 0.3 is 6.03 Å². The van der Waals surface area contributed by atoms with Crippen molar-refractivity contribution in [2.75, 3.05) is 31.1 Å². The molecule has 25 heavy (non-hydrogen) atoms. The van der Waals surface area contributed by atoms with E-state index >= 15 is 0 Å². The number of carbonyl (C=O) groups is 1. The zero-order valence-corrected chi connectivity index (χ0v) is 15.2. The van der Waals surface area contributed by atoms with Gasteiger partial charge in [0, 0.05) is 36.9 Å². The van der Waals surface area contributed by atoms with Gasteiger partial charge in [0.25, 0.3) is 0 Å². The molecule has 1 fully saturated rings. The Kier molecular flexibility index (Phi) is 5.82. The number of nitrogens with zero attached hydrogens (tertiary/aromatic N) is 2. The minimum Gasteiger partial charge on any atom is -0.368 e. The summed E-state index contributed by atoms with van der Waals surface area (Å²) in [4.78, 5) is 16.8. The molecule has 0 saturated carbocycles. The zero-order valence-electron chi connectivity index (χ0n) is 14.5. The number of hydrogen-bond donors (Lipinski definition) is 1. The Morgan fingerprint density at radius 3 is 2.44 bits per heavy atom. The molecule has 1 aliphatic rings. The maximum Gasteiger partial charge on any atom is 0.318 e. The topological polar surface area (TPSA) is 35.6 Å². The van der Waals surface area contributed by atoms with Crippen molar-refractivity contribution in [1.82, 2.24) is 10.2 Å². The van der Waals surface area contributed by atoms with Gasteiger partial charge in [0.1, 0.15) is 0 Å². The predicted molar refractivity (Wildman–Crippen MR) is 103 cm³/mol. The van der Waals surface area contributed by atoms with E-state index in [4.69, 9.17) is 11.6 Å². The maximum absolute atomic E-state index is 12.6. The van der Waals surface area contributed by atoms with Gasteiger partial charge in [0.05, 0.1) is 6.04 Å². The zero-order chi connectivity index (χ0) is 17.6. The van der Waals surface area contributed by atoms with Crippen molar-refractivity contribution < 1.29 is 4.79 Å². The lowest BCUT2D eigenvalue weighted by molar-refractivity contribution is 0.190. The largest absolute Gasteiger partial charge is 0.368 e. The normalized spacial score (nSPS) is 15.8. The SMILES string of the molecule is CCC(NC(=O)N1CCN(c2ccccc2)CC1)c1cccc(Cl)c1. The molecule has 0 radical (unpaired) electrons. The molecule has 1 N–H and O–H groups in total. The van der Waals surface area contributed by atoms with Crippen LogP contribution in [0, 0.1) is 0 Å². The van der Waals surface area contributed by atoms with E-state index in [0.29, 0.717) is 5.02 Å². The van der Waals surface area contributed by atoms with E-state index in [9.17, 15) is 4.79 Å². The number of hydrogen-bond acceptors (Lipinski definition) is 2. The quantitative estimate of drug-likeness (QED) is 0.884. The summed E-state index contributed by atoms with van der Waals surface area (Å²) >= 11 is 6.08. The lowest BCUT2D eigenvalue weighted by Crippen LogP contribution is -2.52. The van der Waals surface area contributed by atoms with E-state index in [1.807, 2.05) is 47.4 Å². The standard InChI is InChI=1S/C20H24ClN3O/c1-2-19(16-7-6-8-17(21)15-16)22-20(25)24-13-11-23(12-14-24)18-9-4-3-5-10-18/h3-10,15,19H,2,11-14H2,1H3,(H,22,25). The van der Waals surface area contributed by atoms with Crippen LogP contribution in [-0.2, 0) is 0 Å². The molecule has 2 amide bonds. The van der Waals surface area contributed by atoms with Gasteiger partial charge in [-0.1, -0.05) is 48.9 Å². The van der Waals surface area contributed by atoms with Gasteiger partial charge in [-0.15, -0.1) is 0 Å². The molecule has 4 nitrogen and oxygen atoms in total. The van der Waals surface area contributed by atoms with Gasteiger partial charge in [-0.25, -0.2) is 4.79 Å². The Balaban J connectivity index is 1.57. The molecule has 1 aliphatic heterocycles. The highest BCUT2D eigenvalue weighted by molar-refractivity contribution is 6.30. The van der Waals surface area contributed by atoms with E-state index in [-0.39, 0.29) is 12.1 Å². The molecular formula is C20H24ClN3O. The van der Waals surface area contributed by atoms with Gasteiger partial charge in [0.15, 0.2) is 0 Å². The third kappa shape index (κ3) is 4.45. The molecule has 2 aromatic carbocycles. The fourth-order valence-corrected chi connectivity index (χ4v) is 3.39. The highest BCUT2D eigenvalue weighted by Gasteiger charge is 2.23.